The van der Waals surface area contributed by atoms with Gasteiger partial charge in [0.15, 0.2) is 9.84 Å². The third-order valence-corrected chi connectivity index (χ3v) is 6.69. The van der Waals surface area contributed by atoms with Gasteiger partial charge >= 0.3 is 0 Å². The standard InChI is InChI=1S/C21H27NO3S/c1-6-22(19-10-8-7-9-11-19)21(23)18(5)26(24,25)14-20-16(3)12-15(2)13-17(20)4/h7-13,18H,6,14H2,1-5H3. The van der Waals surface area contributed by atoms with Crippen LogP contribution >= 0.6 is 0 Å². The van der Waals surface area contributed by atoms with E-state index in [1.54, 1.807) is 0 Å². The molecule has 0 radical (unpaired) electrons. The molecule has 0 N–H and O–H groups in total. The van der Waals surface area contributed by atoms with Crippen molar-refractivity contribution in [3.63, 3.8) is 0 Å². The van der Waals surface area contributed by atoms with Crippen molar-refractivity contribution in [3.8, 4) is 0 Å². The maximum Gasteiger partial charge on any atom is 0.245 e. The minimum Gasteiger partial charge on any atom is -0.312 e. The van der Waals surface area contributed by atoms with Crippen molar-refractivity contribution >= 4 is 21.4 Å². The van der Waals surface area contributed by atoms with Gasteiger partial charge in [-0.05, 0) is 63.4 Å². The molecule has 0 saturated carbocycles. The van der Waals surface area contributed by atoms with Crippen molar-refractivity contribution in [2.45, 2.75) is 45.6 Å². The summed E-state index contributed by atoms with van der Waals surface area (Å²) in [7, 11) is -3.62. The van der Waals surface area contributed by atoms with Crippen LogP contribution < -0.4 is 4.90 Å². The van der Waals surface area contributed by atoms with E-state index in [2.05, 4.69) is 0 Å². The van der Waals surface area contributed by atoms with E-state index in [9.17, 15) is 13.2 Å². The second kappa shape index (κ2) is 8.04. The van der Waals surface area contributed by atoms with Gasteiger partial charge in [-0.25, -0.2) is 8.42 Å². The molecular weight excluding hydrogens is 346 g/mol. The Kier molecular flexibility index (Phi) is 6.24. The molecule has 0 aliphatic rings. The molecule has 0 fully saturated rings. The molecule has 0 aliphatic carbocycles. The second-order valence-electron chi connectivity index (χ2n) is 6.74. The maximum atomic E-state index is 12.9. The molecule has 0 bridgehead atoms. The maximum absolute atomic E-state index is 12.9. The zero-order valence-corrected chi connectivity index (χ0v) is 16.9. The first-order valence-electron chi connectivity index (χ1n) is 8.82. The van der Waals surface area contributed by atoms with Gasteiger partial charge in [-0.1, -0.05) is 35.9 Å². The summed E-state index contributed by atoms with van der Waals surface area (Å²) in [4.78, 5) is 14.4. The second-order valence-corrected chi connectivity index (χ2v) is 9.07. The van der Waals surface area contributed by atoms with Gasteiger partial charge < -0.3 is 4.90 Å². The number of benzene rings is 2. The van der Waals surface area contributed by atoms with E-state index >= 15 is 0 Å². The highest BCUT2D eigenvalue weighted by atomic mass is 32.2. The average Bonchev–Trinajstić information content (AvgIpc) is 2.59. The van der Waals surface area contributed by atoms with Gasteiger partial charge in [0, 0.05) is 12.2 Å². The number of hydrogen-bond acceptors (Lipinski definition) is 3. The first-order chi connectivity index (χ1) is 12.2. The molecule has 0 aliphatic heterocycles. The Balaban J connectivity index is 2.30. The van der Waals surface area contributed by atoms with Crippen LogP contribution in [0.1, 0.15) is 36.1 Å². The quantitative estimate of drug-likeness (QED) is 0.770. The number of rotatable bonds is 6. The molecule has 26 heavy (non-hydrogen) atoms. The molecule has 2 rings (SSSR count). The largest absolute Gasteiger partial charge is 0.312 e. The Hall–Kier alpha value is -2.14. The third kappa shape index (κ3) is 4.33. The summed E-state index contributed by atoms with van der Waals surface area (Å²) in [6, 6.07) is 13.1. The lowest BCUT2D eigenvalue weighted by atomic mass is 10.0. The number of hydrogen-bond donors (Lipinski definition) is 0. The van der Waals surface area contributed by atoms with Gasteiger partial charge in [0.25, 0.3) is 0 Å². The van der Waals surface area contributed by atoms with E-state index in [0.717, 1.165) is 22.3 Å². The molecule has 0 aromatic heterocycles. The highest BCUT2D eigenvalue weighted by Gasteiger charge is 2.32. The van der Waals surface area contributed by atoms with Crippen molar-refractivity contribution in [3.05, 3.63) is 64.7 Å². The molecule has 5 heteroatoms. The van der Waals surface area contributed by atoms with Crippen LogP contribution in [0.2, 0.25) is 0 Å². The number of amides is 1. The van der Waals surface area contributed by atoms with E-state index in [0.29, 0.717) is 12.2 Å². The predicted octanol–water partition coefficient (Wildman–Crippen LogP) is 3.97. The van der Waals surface area contributed by atoms with E-state index in [4.69, 9.17) is 0 Å². The minimum atomic E-state index is -3.62. The molecule has 1 atom stereocenters. The van der Waals surface area contributed by atoms with E-state index in [-0.39, 0.29) is 11.7 Å². The number of sulfone groups is 1. The molecule has 1 amide bonds. The summed E-state index contributed by atoms with van der Waals surface area (Å²) < 4.78 is 25.9. The molecule has 140 valence electrons. The van der Waals surface area contributed by atoms with E-state index < -0.39 is 15.1 Å². The van der Waals surface area contributed by atoms with Crippen LogP contribution in [0.3, 0.4) is 0 Å². The fraction of sp³-hybridized carbons (Fsp3) is 0.381. The number of para-hydroxylation sites is 1. The van der Waals surface area contributed by atoms with Crippen molar-refractivity contribution in [1.29, 1.82) is 0 Å². The zero-order chi connectivity index (χ0) is 19.5. The molecule has 0 spiro atoms. The fourth-order valence-corrected chi connectivity index (χ4v) is 4.75. The topological polar surface area (TPSA) is 54.5 Å². The molecule has 0 saturated heterocycles. The number of anilines is 1. The van der Waals surface area contributed by atoms with Crippen LogP contribution in [0.25, 0.3) is 0 Å². The van der Waals surface area contributed by atoms with Gasteiger partial charge in [-0.15, -0.1) is 0 Å². The summed E-state index contributed by atoms with van der Waals surface area (Å²) in [5, 5.41) is -1.09. The summed E-state index contributed by atoms with van der Waals surface area (Å²) in [5.41, 5.74) is 4.50. The lowest BCUT2D eigenvalue weighted by Crippen LogP contribution is -2.42. The number of nitrogens with zero attached hydrogens (tertiary/aromatic N) is 1. The van der Waals surface area contributed by atoms with Crippen LogP contribution in [-0.4, -0.2) is 26.1 Å². The molecule has 2 aromatic carbocycles. The highest BCUT2D eigenvalue weighted by Crippen LogP contribution is 2.23. The third-order valence-electron chi connectivity index (χ3n) is 4.72. The Morgan fingerprint density at radius 1 is 1.04 bits per heavy atom. The lowest BCUT2D eigenvalue weighted by molar-refractivity contribution is -0.117. The van der Waals surface area contributed by atoms with Crippen LogP contribution in [0.15, 0.2) is 42.5 Å². The molecule has 2 aromatic rings. The Bertz CT molecular complexity index is 866. The van der Waals surface area contributed by atoms with Gasteiger partial charge in [0.2, 0.25) is 5.91 Å². The van der Waals surface area contributed by atoms with Gasteiger partial charge in [-0.2, -0.15) is 0 Å². The summed E-state index contributed by atoms with van der Waals surface area (Å²) >= 11 is 0. The van der Waals surface area contributed by atoms with Crippen LogP contribution in [0, 0.1) is 20.8 Å². The Morgan fingerprint density at radius 2 is 1.58 bits per heavy atom. The van der Waals surface area contributed by atoms with E-state index in [1.807, 2.05) is 70.2 Å². The Labute approximate surface area is 156 Å². The van der Waals surface area contributed by atoms with Crippen LogP contribution in [0.5, 0.6) is 0 Å². The normalized spacial score (nSPS) is 12.7. The number of carbonyl (C=O) groups is 1. The minimum absolute atomic E-state index is 0.121. The molecule has 4 nitrogen and oxygen atoms in total. The highest BCUT2D eigenvalue weighted by molar-refractivity contribution is 7.92. The number of aryl methyl sites for hydroxylation is 3. The predicted molar refractivity (Wildman–Crippen MR) is 107 cm³/mol. The van der Waals surface area contributed by atoms with Crippen molar-refractivity contribution < 1.29 is 13.2 Å². The molecule has 0 heterocycles. The van der Waals surface area contributed by atoms with E-state index in [1.165, 1.54) is 11.8 Å². The van der Waals surface area contributed by atoms with Crippen LogP contribution in [0.4, 0.5) is 5.69 Å². The molecular formula is C21H27NO3S. The van der Waals surface area contributed by atoms with Crippen molar-refractivity contribution in [2.24, 2.45) is 0 Å². The zero-order valence-electron chi connectivity index (χ0n) is 16.1. The van der Waals surface area contributed by atoms with Gasteiger partial charge in [0.1, 0.15) is 5.25 Å². The fourth-order valence-electron chi connectivity index (χ4n) is 3.21. The molecule has 1 unspecified atom stereocenters. The van der Waals surface area contributed by atoms with Crippen molar-refractivity contribution in [2.75, 3.05) is 11.4 Å². The first-order valence-corrected chi connectivity index (χ1v) is 10.5. The lowest BCUT2D eigenvalue weighted by Gasteiger charge is -2.25. The van der Waals surface area contributed by atoms with Gasteiger partial charge in [-0.3, -0.25) is 4.79 Å². The average molecular weight is 374 g/mol. The Morgan fingerprint density at radius 3 is 2.08 bits per heavy atom. The van der Waals surface area contributed by atoms with Crippen LogP contribution in [-0.2, 0) is 20.4 Å². The smallest absolute Gasteiger partial charge is 0.245 e. The summed E-state index contributed by atoms with van der Waals surface area (Å²) in [6.45, 7) is 9.58. The SMILES string of the molecule is CCN(C(=O)C(C)S(=O)(=O)Cc1c(C)cc(C)cc1C)c1ccccc1. The van der Waals surface area contributed by atoms with Gasteiger partial charge in [0.05, 0.1) is 5.75 Å². The monoisotopic (exact) mass is 373 g/mol. The summed E-state index contributed by atoms with van der Waals surface area (Å²) in [5.74, 6) is -0.509. The number of carbonyl (C=O) groups excluding carboxylic acids is 1. The van der Waals surface area contributed by atoms with Crippen molar-refractivity contribution in [1.82, 2.24) is 0 Å². The summed E-state index contributed by atoms with van der Waals surface area (Å²) in [6.07, 6.45) is 0. The first kappa shape index (κ1) is 20.2.